The molecule has 1 aliphatic rings. The van der Waals surface area contributed by atoms with Gasteiger partial charge in [0.05, 0.1) is 11.5 Å². The lowest BCUT2D eigenvalue weighted by atomic mass is 9.78. The fraction of sp³-hybridized carbons (Fsp3) is 0.517. The number of ether oxygens (including phenoxy) is 1. The minimum absolute atomic E-state index is 0.0778. The molecule has 0 spiro atoms. The summed E-state index contributed by atoms with van der Waals surface area (Å²) in [5.41, 5.74) is 4.36. The molecule has 0 aliphatic heterocycles. The van der Waals surface area contributed by atoms with Crippen LogP contribution in [0.3, 0.4) is 0 Å². The van der Waals surface area contributed by atoms with Gasteiger partial charge in [0.1, 0.15) is 11.8 Å². The van der Waals surface area contributed by atoms with E-state index < -0.39 is 0 Å². The highest BCUT2D eigenvalue weighted by molar-refractivity contribution is 5.76. The van der Waals surface area contributed by atoms with E-state index in [4.69, 9.17) is 4.74 Å². The van der Waals surface area contributed by atoms with Gasteiger partial charge in [-0.15, -0.1) is 0 Å². The third-order valence-corrected chi connectivity index (χ3v) is 6.86. The number of nitrogens with zero attached hydrogens (tertiary/aromatic N) is 1. The molecule has 0 N–H and O–H groups in total. The largest absolute Gasteiger partial charge is 0.425 e. The van der Waals surface area contributed by atoms with Gasteiger partial charge in [0, 0.05) is 0 Å². The molecule has 32 heavy (non-hydrogen) atoms. The van der Waals surface area contributed by atoms with E-state index in [1.807, 2.05) is 12.1 Å². The summed E-state index contributed by atoms with van der Waals surface area (Å²) in [4.78, 5) is 12.8. The minimum atomic E-state index is -0.186. The molecule has 0 radical (unpaired) electrons. The van der Waals surface area contributed by atoms with Gasteiger partial charge >= 0.3 is 5.97 Å². The van der Waals surface area contributed by atoms with E-state index in [0.29, 0.717) is 17.2 Å². The molecule has 0 atom stereocenters. The standard InChI is InChI=1S/C29H37NO2/c1-3-5-6-7-8-9-23-12-19-28(27(20-23)21-30)32-29(31)26-17-15-25(16-18-26)24-13-10-22(4-2)11-14-24/h10-14,19-20,25-26H,3-9,15-18H2,1-2H3. The zero-order valence-electron chi connectivity index (χ0n) is 19.7. The fourth-order valence-corrected chi connectivity index (χ4v) is 4.72. The van der Waals surface area contributed by atoms with Crippen molar-refractivity contribution in [2.45, 2.75) is 90.4 Å². The van der Waals surface area contributed by atoms with Crippen molar-refractivity contribution in [1.29, 1.82) is 5.26 Å². The van der Waals surface area contributed by atoms with E-state index in [0.717, 1.165) is 50.5 Å². The molecule has 1 fully saturated rings. The van der Waals surface area contributed by atoms with Crippen LogP contribution < -0.4 is 4.74 Å². The van der Waals surface area contributed by atoms with E-state index in [9.17, 15) is 10.1 Å². The van der Waals surface area contributed by atoms with Gasteiger partial charge in [-0.1, -0.05) is 69.9 Å². The van der Waals surface area contributed by atoms with Crippen molar-refractivity contribution < 1.29 is 9.53 Å². The van der Waals surface area contributed by atoms with Crippen LogP contribution in [0.5, 0.6) is 5.75 Å². The maximum Gasteiger partial charge on any atom is 0.314 e. The topological polar surface area (TPSA) is 50.1 Å². The highest BCUT2D eigenvalue weighted by Crippen LogP contribution is 2.36. The molecule has 0 unspecified atom stereocenters. The van der Waals surface area contributed by atoms with Crippen molar-refractivity contribution in [3.8, 4) is 11.8 Å². The molecule has 3 nitrogen and oxygen atoms in total. The SMILES string of the molecule is CCCCCCCc1ccc(OC(=O)C2CCC(c3ccc(CC)cc3)CC2)c(C#N)c1. The van der Waals surface area contributed by atoms with Crippen LogP contribution in [-0.4, -0.2) is 5.97 Å². The number of esters is 1. The van der Waals surface area contributed by atoms with Crippen molar-refractivity contribution >= 4 is 5.97 Å². The summed E-state index contributed by atoms with van der Waals surface area (Å²) in [5, 5.41) is 9.56. The molecule has 0 amide bonds. The van der Waals surface area contributed by atoms with Crippen LogP contribution >= 0.6 is 0 Å². The van der Waals surface area contributed by atoms with Crippen molar-refractivity contribution in [2.75, 3.05) is 0 Å². The molecule has 2 aromatic rings. The monoisotopic (exact) mass is 431 g/mol. The molecule has 3 rings (SSSR count). The molecule has 0 heterocycles. The number of hydrogen-bond donors (Lipinski definition) is 0. The van der Waals surface area contributed by atoms with Gasteiger partial charge in [-0.25, -0.2) is 0 Å². The normalized spacial score (nSPS) is 18.2. The Morgan fingerprint density at radius 3 is 2.28 bits per heavy atom. The zero-order valence-corrected chi connectivity index (χ0v) is 19.7. The third-order valence-electron chi connectivity index (χ3n) is 6.86. The van der Waals surface area contributed by atoms with Crippen LogP contribution in [0.1, 0.15) is 99.8 Å². The summed E-state index contributed by atoms with van der Waals surface area (Å²) in [6.45, 7) is 4.39. The maximum absolute atomic E-state index is 12.8. The van der Waals surface area contributed by atoms with Crippen LogP contribution in [0.15, 0.2) is 42.5 Å². The highest BCUT2D eigenvalue weighted by Gasteiger charge is 2.29. The second-order valence-corrected chi connectivity index (χ2v) is 9.17. The Morgan fingerprint density at radius 2 is 1.62 bits per heavy atom. The van der Waals surface area contributed by atoms with Crippen LogP contribution in [0, 0.1) is 17.2 Å². The van der Waals surface area contributed by atoms with Gasteiger partial charge in [0.2, 0.25) is 0 Å². The molecular weight excluding hydrogens is 394 g/mol. The van der Waals surface area contributed by atoms with Gasteiger partial charge in [-0.2, -0.15) is 5.26 Å². The molecule has 0 saturated heterocycles. The number of benzene rings is 2. The number of hydrogen-bond acceptors (Lipinski definition) is 3. The highest BCUT2D eigenvalue weighted by atomic mass is 16.5. The molecular formula is C29H37NO2. The van der Waals surface area contributed by atoms with Crippen LogP contribution in [0.4, 0.5) is 0 Å². The number of carbonyl (C=O) groups is 1. The molecule has 0 bridgehead atoms. The third kappa shape index (κ3) is 6.70. The predicted molar refractivity (Wildman–Crippen MR) is 130 cm³/mol. The van der Waals surface area contributed by atoms with Crippen LogP contribution in [0.25, 0.3) is 0 Å². The second-order valence-electron chi connectivity index (χ2n) is 9.17. The lowest BCUT2D eigenvalue weighted by Gasteiger charge is -2.27. The van der Waals surface area contributed by atoms with Gasteiger partial charge in [0.25, 0.3) is 0 Å². The molecule has 1 aliphatic carbocycles. The molecule has 3 heteroatoms. The molecule has 2 aromatic carbocycles. The average Bonchev–Trinajstić information content (AvgIpc) is 2.84. The Bertz CT molecular complexity index is 902. The second kappa shape index (κ2) is 12.4. The quantitative estimate of drug-likeness (QED) is 0.222. The summed E-state index contributed by atoms with van der Waals surface area (Å²) in [7, 11) is 0. The number of rotatable bonds is 10. The summed E-state index contributed by atoms with van der Waals surface area (Å²) < 4.78 is 5.70. The van der Waals surface area contributed by atoms with Crippen molar-refractivity contribution in [3.63, 3.8) is 0 Å². The Kier molecular flexibility index (Phi) is 9.35. The van der Waals surface area contributed by atoms with Gasteiger partial charge < -0.3 is 4.74 Å². The van der Waals surface area contributed by atoms with Crippen molar-refractivity contribution in [3.05, 3.63) is 64.7 Å². The smallest absolute Gasteiger partial charge is 0.314 e. The van der Waals surface area contributed by atoms with Crippen molar-refractivity contribution in [2.24, 2.45) is 5.92 Å². The van der Waals surface area contributed by atoms with E-state index in [-0.39, 0.29) is 11.9 Å². The fourth-order valence-electron chi connectivity index (χ4n) is 4.72. The van der Waals surface area contributed by atoms with Gasteiger partial charge in [0.15, 0.2) is 0 Å². The molecule has 0 aromatic heterocycles. The average molecular weight is 432 g/mol. The molecule has 170 valence electrons. The van der Waals surface area contributed by atoms with E-state index in [1.165, 1.54) is 36.8 Å². The Morgan fingerprint density at radius 1 is 0.938 bits per heavy atom. The van der Waals surface area contributed by atoms with E-state index in [1.54, 1.807) is 6.07 Å². The van der Waals surface area contributed by atoms with E-state index >= 15 is 0 Å². The Balaban J connectivity index is 1.51. The Hall–Kier alpha value is -2.60. The van der Waals surface area contributed by atoms with Crippen LogP contribution in [0.2, 0.25) is 0 Å². The van der Waals surface area contributed by atoms with Crippen LogP contribution in [-0.2, 0) is 17.6 Å². The lowest BCUT2D eigenvalue weighted by molar-refractivity contribution is -0.140. The lowest BCUT2D eigenvalue weighted by Crippen LogP contribution is -2.25. The Labute approximate surface area is 193 Å². The number of nitriles is 1. The summed E-state index contributed by atoms with van der Waals surface area (Å²) in [5.74, 6) is 0.667. The maximum atomic E-state index is 12.8. The van der Waals surface area contributed by atoms with Gasteiger partial charge in [-0.3, -0.25) is 4.79 Å². The van der Waals surface area contributed by atoms with Crippen molar-refractivity contribution in [1.82, 2.24) is 0 Å². The van der Waals surface area contributed by atoms with E-state index in [2.05, 4.69) is 44.2 Å². The first-order chi connectivity index (χ1) is 15.6. The summed E-state index contributed by atoms with van der Waals surface area (Å²) >= 11 is 0. The zero-order chi connectivity index (χ0) is 22.8. The number of unbranched alkanes of at least 4 members (excludes halogenated alkanes) is 4. The first kappa shape index (κ1) is 24.1. The number of aryl methyl sites for hydroxylation is 2. The minimum Gasteiger partial charge on any atom is -0.425 e. The van der Waals surface area contributed by atoms with Gasteiger partial charge in [-0.05, 0) is 79.7 Å². The summed E-state index contributed by atoms with van der Waals surface area (Å²) in [6, 6.07) is 16.8. The number of carbonyl (C=O) groups excluding carboxylic acids is 1. The first-order valence-electron chi connectivity index (χ1n) is 12.5. The predicted octanol–water partition coefficient (Wildman–Crippen LogP) is 7.51. The first-order valence-corrected chi connectivity index (χ1v) is 12.5. The molecule has 1 saturated carbocycles. The summed E-state index contributed by atoms with van der Waals surface area (Å²) in [6.07, 6.45) is 11.9.